The number of hydrogen-bond donors (Lipinski definition) is 1. The van der Waals surface area contributed by atoms with Crippen molar-refractivity contribution < 1.29 is 0 Å². The summed E-state index contributed by atoms with van der Waals surface area (Å²) in [5, 5.41) is 12.1. The maximum Gasteiger partial charge on any atom is 0.106 e. The molecule has 0 aliphatic heterocycles. The van der Waals surface area contributed by atoms with Gasteiger partial charge < -0.3 is 5.32 Å². The van der Waals surface area contributed by atoms with Gasteiger partial charge in [-0.25, -0.2) is 0 Å². The lowest BCUT2D eigenvalue weighted by Gasteiger charge is -2.33. The molecule has 1 rings (SSSR count). The molecule has 2 nitrogen and oxygen atoms in total. The van der Waals surface area contributed by atoms with Crippen LogP contribution in [0, 0.1) is 17.2 Å². The van der Waals surface area contributed by atoms with Crippen LogP contribution in [0.3, 0.4) is 0 Å². The van der Waals surface area contributed by atoms with Crippen LogP contribution >= 0.6 is 0 Å². The number of hydrogen-bond acceptors (Lipinski definition) is 2. The van der Waals surface area contributed by atoms with Gasteiger partial charge in [0.2, 0.25) is 0 Å². The van der Waals surface area contributed by atoms with Crippen LogP contribution in [0.2, 0.25) is 0 Å². The first-order chi connectivity index (χ1) is 5.22. The summed E-state index contributed by atoms with van der Waals surface area (Å²) in [7, 11) is 1.89. The highest BCUT2D eigenvalue weighted by atomic mass is 14.9. The molecule has 62 valence electrons. The predicted molar refractivity (Wildman–Crippen MR) is 45.0 cm³/mol. The fraction of sp³-hybridized carbons (Fsp3) is 0.889. The van der Waals surface area contributed by atoms with E-state index in [2.05, 4.69) is 18.3 Å². The van der Waals surface area contributed by atoms with Gasteiger partial charge in [-0.1, -0.05) is 19.8 Å². The maximum absolute atomic E-state index is 8.95. The summed E-state index contributed by atoms with van der Waals surface area (Å²) in [5.74, 6) is 0.704. The van der Waals surface area contributed by atoms with E-state index in [0.717, 1.165) is 12.8 Å². The van der Waals surface area contributed by atoms with Crippen LogP contribution in [0.25, 0.3) is 0 Å². The Morgan fingerprint density at radius 2 is 2.36 bits per heavy atom. The smallest absolute Gasteiger partial charge is 0.106 e. The average molecular weight is 152 g/mol. The third kappa shape index (κ3) is 1.72. The molecule has 0 aromatic carbocycles. The lowest BCUT2D eigenvalue weighted by molar-refractivity contribution is 0.254. The molecule has 0 heterocycles. The van der Waals surface area contributed by atoms with E-state index >= 15 is 0 Å². The molecule has 0 amide bonds. The molecule has 0 aromatic heterocycles. The molecule has 1 aliphatic carbocycles. The molecular formula is C9H16N2. The van der Waals surface area contributed by atoms with Crippen molar-refractivity contribution in [3.8, 4) is 6.07 Å². The Bertz CT molecular complexity index is 171. The third-order valence-corrected chi connectivity index (χ3v) is 2.69. The molecule has 2 heteroatoms. The summed E-state index contributed by atoms with van der Waals surface area (Å²) in [6, 6.07) is 2.39. The Morgan fingerprint density at radius 3 is 2.73 bits per heavy atom. The van der Waals surface area contributed by atoms with Crippen LogP contribution < -0.4 is 5.32 Å². The van der Waals surface area contributed by atoms with Crippen LogP contribution in [0.1, 0.15) is 32.6 Å². The number of rotatable bonds is 1. The van der Waals surface area contributed by atoms with E-state index in [1.54, 1.807) is 0 Å². The van der Waals surface area contributed by atoms with Crippen LogP contribution in [0.15, 0.2) is 0 Å². The highest BCUT2D eigenvalue weighted by Gasteiger charge is 2.32. The zero-order valence-corrected chi connectivity index (χ0v) is 7.35. The van der Waals surface area contributed by atoms with Gasteiger partial charge in [0, 0.05) is 0 Å². The van der Waals surface area contributed by atoms with Crippen LogP contribution in [-0.2, 0) is 0 Å². The average Bonchev–Trinajstić information content (AvgIpc) is 2.04. The summed E-state index contributed by atoms with van der Waals surface area (Å²) in [4.78, 5) is 0. The molecule has 2 atom stereocenters. The van der Waals surface area contributed by atoms with Crippen molar-refractivity contribution in [1.29, 1.82) is 5.26 Å². The largest absolute Gasteiger partial charge is 0.302 e. The highest BCUT2D eigenvalue weighted by molar-refractivity contribution is 5.08. The Morgan fingerprint density at radius 1 is 1.64 bits per heavy atom. The Hall–Kier alpha value is -0.550. The standard InChI is InChI=1S/C9H16N2/c1-8-4-3-5-9(6-8,7-10)11-2/h8,11H,3-6H2,1-2H3. The van der Waals surface area contributed by atoms with Crippen molar-refractivity contribution in [2.45, 2.75) is 38.1 Å². The first-order valence-corrected chi connectivity index (χ1v) is 4.32. The van der Waals surface area contributed by atoms with Gasteiger partial charge in [0.05, 0.1) is 6.07 Å². The molecule has 0 spiro atoms. The Kier molecular flexibility index (Phi) is 2.51. The number of nitrogens with zero attached hydrogens (tertiary/aromatic N) is 1. The summed E-state index contributed by atoms with van der Waals surface area (Å²) in [6.07, 6.45) is 4.50. The van der Waals surface area contributed by atoms with Crippen LogP contribution in [0.4, 0.5) is 0 Å². The normalized spacial score (nSPS) is 38.1. The second-order valence-corrected chi connectivity index (χ2v) is 3.65. The lowest BCUT2D eigenvalue weighted by Crippen LogP contribution is -2.45. The molecule has 2 unspecified atom stereocenters. The summed E-state index contributed by atoms with van der Waals surface area (Å²) >= 11 is 0. The van der Waals surface area contributed by atoms with E-state index < -0.39 is 0 Å². The topological polar surface area (TPSA) is 35.8 Å². The molecule has 0 bridgehead atoms. The minimum Gasteiger partial charge on any atom is -0.302 e. The molecule has 1 fully saturated rings. The van der Waals surface area contributed by atoms with Crippen molar-refractivity contribution in [3.63, 3.8) is 0 Å². The second-order valence-electron chi connectivity index (χ2n) is 3.65. The zero-order chi connectivity index (χ0) is 8.32. The summed E-state index contributed by atoms with van der Waals surface area (Å²) in [6.45, 7) is 2.22. The van der Waals surface area contributed by atoms with Crippen LogP contribution in [-0.4, -0.2) is 12.6 Å². The molecule has 0 radical (unpaired) electrons. The molecule has 1 saturated carbocycles. The summed E-state index contributed by atoms with van der Waals surface area (Å²) in [5.41, 5.74) is -0.211. The lowest BCUT2D eigenvalue weighted by atomic mass is 9.77. The van der Waals surface area contributed by atoms with Gasteiger partial charge in [-0.05, 0) is 25.8 Å². The van der Waals surface area contributed by atoms with Crippen molar-refractivity contribution in [2.24, 2.45) is 5.92 Å². The van der Waals surface area contributed by atoms with Crippen molar-refractivity contribution in [3.05, 3.63) is 0 Å². The number of nitriles is 1. The van der Waals surface area contributed by atoms with E-state index in [0.29, 0.717) is 5.92 Å². The van der Waals surface area contributed by atoms with Gasteiger partial charge >= 0.3 is 0 Å². The monoisotopic (exact) mass is 152 g/mol. The van der Waals surface area contributed by atoms with Crippen molar-refractivity contribution >= 4 is 0 Å². The highest BCUT2D eigenvalue weighted by Crippen LogP contribution is 2.31. The summed E-state index contributed by atoms with van der Waals surface area (Å²) < 4.78 is 0. The van der Waals surface area contributed by atoms with E-state index in [-0.39, 0.29) is 5.54 Å². The Balaban J connectivity index is 2.62. The van der Waals surface area contributed by atoms with Gasteiger partial charge in [-0.2, -0.15) is 5.26 Å². The first kappa shape index (κ1) is 8.55. The van der Waals surface area contributed by atoms with Gasteiger partial charge in [0.15, 0.2) is 0 Å². The van der Waals surface area contributed by atoms with E-state index in [1.807, 2.05) is 7.05 Å². The molecule has 1 aliphatic rings. The molecule has 0 aromatic rings. The maximum atomic E-state index is 8.95. The zero-order valence-electron chi connectivity index (χ0n) is 7.35. The third-order valence-electron chi connectivity index (χ3n) is 2.69. The molecule has 1 N–H and O–H groups in total. The van der Waals surface area contributed by atoms with E-state index in [1.165, 1.54) is 12.8 Å². The first-order valence-electron chi connectivity index (χ1n) is 4.32. The SMILES string of the molecule is CNC1(C#N)CCCC(C)C1. The fourth-order valence-corrected chi connectivity index (χ4v) is 1.94. The van der Waals surface area contributed by atoms with Gasteiger partial charge in [-0.15, -0.1) is 0 Å². The minimum absolute atomic E-state index is 0.211. The van der Waals surface area contributed by atoms with E-state index in [4.69, 9.17) is 5.26 Å². The molecule has 0 saturated heterocycles. The van der Waals surface area contributed by atoms with Crippen LogP contribution in [0.5, 0.6) is 0 Å². The van der Waals surface area contributed by atoms with Gasteiger partial charge in [0.25, 0.3) is 0 Å². The fourth-order valence-electron chi connectivity index (χ4n) is 1.94. The molecular weight excluding hydrogens is 136 g/mol. The number of nitrogens with one attached hydrogen (secondary N) is 1. The second kappa shape index (κ2) is 3.23. The molecule has 11 heavy (non-hydrogen) atoms. The van der Waals surface area contributed by atoms with E-state index in [9.17, 15) is 0 Å². The quantitative estimate of drug-likeness (QED) is 0.620. The van der Waals surface area contributed by atoms with Gasteiger partial charge in [-0.3, -0.25) is 0 Å². The van der Waals surface area contributed by atoms with Crippen molar-refractivity contribution in [2.75, 3.05) is 7.05 Å². The predicted octanol–water partition coefficient (Wildman–Crippen LogP) is 1.68. The Labute approximate surface area is 68.6 Å². The van der Waals surface area contributed by atoms with Gasteiger partial charge in [0.1, 0.15) is 5.54 Å². The minimum atomic E-state index is -0.211. The van der Waals surface area contributed by atoms with Crippen molar-refractivity contribution in [1.82, 2.24) is 5.32 Å².